The number of ether oxygens (including phenoxy) is 2. The predicted octanol–water partition coefficient (Wildman–Crippen LogP) is 1.82. The molecule has 1 aromatic carbocycles. The van der Waals surface area contributed by atoms with Gasteiger partial charge in [-0.2, -0.15) is 0 Å². The maximum atomic E-state index is 11.9. The first-order chi connectivity index (χ1) is 10.0. The Hall–Kier alpha value is -2.08. The topological polar surface area (TPSA) is 84.9 Å². The second kappa shape index (κ2) is 7.08. The Morgan fingerprint density at radius 3 is 2.90 bits per heavy atom. The summed E-state index contributed by atoms with van der Waals surface area (Å²) in [5.74, 6) is -0.294. The average molecular weight is 293 g/mol. The van der Waals surface area contributed by atoms with E-state index in [0.717, 1.165) is 18.6 Å². The number of carboxylic acids is 1. The van der Waals surface area contributed by atoms with Crippen LogP contribution in [0.5, 0.6) is 5.75 Å². The molecule has 6 nitrogen and oxygen atoms in total. The molecule has 1 aliphatic heterocycles. The van der Waals surface area contributed by atoms with E-state index in [1.807, 2.05) is 6.92 Å². The summed E-state index contributed by atoms with van der Waals surface area (Å²) in [4.78, 5) is 22.4. The Labute approximate surface area is 123 Å². The first-order valence-electron chi connectivity index (χ1n) is 6.87. The van der Waals surface area contributed by atoms with Crippen molar-refractivity contribution in [2.24, 2.45) is 5.92 Å². The summed E-state index contributed by atoms with van der Waals surface area (Å²) in [6.45, 7) is 2.83. The van der Waals surface area contributed by atoms with E-state index in [-0.39, 0.29) is 12.5 Å². The van der Waals surface area contributed by atoms with E-state index in [0.29, 0.717) is 30.4 Å². The number of hydrogen-bond acceptors (Lipinski definition) is 4. The number of aliphatic carboxylic acids is 1. The van der Waals surface area contributed by atoms with Crippen molar-refractivity contribution in [1.82, 2.24) is 0 Å². The second-order valence-corrected chi connectivity index (χ2v) is 5.14. The monoisotopic (exact) mass is 293 g/mol. The van der Waals surface area contributed by atoms with Crippen LogP contribution in [0.4, 0.5) is 5.69 Å². The van der Waals surface area contributed by atoms with E-state index < -0.39 is 5.97 Å². The van der Waals surface area contributed by atoms with Gasteiger partial charge in [-0.05, 0) is 43.0 Å². The molecule has 0 aromatic heterocycles. The zero-order chi connectivity index (χ0) is 15.2. The van der Waals surface area contributed by atoms with Gasteiger partial charge in [0.1, 0.15) is 5.75 Å². The van der Waals surface area contributed by atoms with E-state index in [1.165, 1.54) is 0 Å². The van der Waals surface area contributed by atoms with Crippen LogP contribution in [0.15, 0.2) is 18.2 Å². The zero-order valence-corrected chi connectivity index (χ0v) is 11.9. The molecule has 1 atom stereocenters. The van der Waals surface area contributed by atoms with Gasteiger partial charge in [0.05, 0.1) is 0 Å². The van der Waals surface area contributed by atoms with Gasteiger partial charge in [0, 0.05) is 25.3 Å². The lowest BCUT2D eigenvalue weighted by atomic mass is 10.0. The molecule has 0 saturated carbocycles. The molecule has 21 heavy (non-hydrogen) atoms. The number of nitrogens with one attached hydrogen (secondary N) is 1. The molecule has 0 aliphatic carbocycles. The standard InChI is InChI=1S/C15H19NO5/c1-10-6-12(21-9-15(18)19)2-3-13(10)16-14(17)7-11-4-5-20-8-11/h2-3,6,11H,4-5,7-9H2,1H3,(H,16,17)(H,18,19). The van der Waals surface area contributed by atoms with Gasteiger partial charge in [0.15, 0.2) is 6.61 Å². The molecule has 0 radical (unpaired) electrons. The van der Waals surface area contributed by atoms with Crippen molar-refractivity contribution in [2.75, 3.05) is 25.1 Å². The summed E-state index contributed by atoms with van der Waals surface area (Å²) >= 11 is 0. The van der Waals surface area contributed by atoms with Crippen LogP contribution in [0.3, 0.4) is 0 Å². The molecule has 1 heterocycles. The molecule has 1 aliphatic rings. The molecule has 6 heteroatoms. The minimum absolute atomic E-state index is 0.0344. The van der Waals surface area contributed by atoms with E-state index in [2.05, 4.69) is 5.32 Å². The minimum Gasteiger partial charge on any atom is -0.482 e. The summed E-state index contributed by atoms with van der Waals surface area (Å²) in [5.41, 5.74) is 1.54. The van der Waals surface area contributed by atoms with Gasteiger partial charge in [-0.25, -0.2) is 4.79 Å². The predicted molar refractivity (Wildman–Crippen MR) is 76.5 cm³/mol. The summed E-state index contributed by atoms with van der Waals surface area (Å²) in [6, 6.07) is 5.07. The van der Waals surface area contributed by atoms with Gasteiger partial charge in [-0.1, -0.05) is 0 Å². The Morgan fingerprint density at radius 1 is 1.48 bits per heavy atom. The summed E-state index contributed by atoms with van der Waals surface area (Å²) in [6.07, 6.45) is 1.38. The quantitative estimate of drug-likeness (QED) is 0.835. The highest BCUT2D eigenvalue weighted by molar-refractivity contribution is 5.91. The van der Waals surface area contributed by atoms with Gasteiger partial charge in [0.25, 0.3) is 0 Å². The van der Waals surface area contributed by atoms with Gasteiger partial charge in [0.2, 0.25) is 5.91 Å². The first-order valence-corrected chi connectivity index (χ1v) is 6.87. The largest absolute Gasteiger partial charge is 0.482 e. The molecular weight excluding hydrogens is 274 g/mol. The molecule has 1 saturated heterocycles. The molecular formula is C15H19NO5. The van der Waals surface area contributed by atoms with Crippen LogP contribution in [0.1, 0.15) is 18.4 Å². The average Bonchev–Trinajstić information content (AvgIpc) is 2.92. The minimum atomic E-state index is -1.02. The molecule has 114 valence electrons. The lowest BCUT2D eigenvalue weighted by Crippen LogP contribution is -2.17. The van der Waals surface area contributed by atoms with Crippen LogP contribution < -0.4 is 10.1 Å². The Bertz CT molecular complexity index is 523. The van der Waals surface area contributed by atoms with Crippen LogP contribution in [0.2, 0.25) is 0 Å². The number of amides is 1. The number of aryl methyl sites for hydroxylation is 1. The lowest BCUT2D eigenvalue weighted by molar-refractivity contribution is -0.139. The van der Waals surface area contributed by atoms with Crippen molar-refractivity contribution in [1.29, 1.82) is 0 Å². The number of anilines is 1. The molecule has 1 fully saturated rings. The maximum absolute atomic E-state index is 11.9. The number of carboxylic acid groups (broad SMARTS) is 1. The van der Waals surface area contributed by atoms with Crippen LogP contribution in [-0.2, 0) is 14.3 Å². The fraction of sp³-hybridized carbons (Fsp3) is 0.467. The number of hydrogen-bond donors (Lipinski definition) is 2. The van der Waals surface area contributed by atoms with E-state index >= 15 is 0 Å². The van der Waals surface area contributed by atoms with E-state index in [1.54, 1.807) is 18.2 Å². The van der Waals surface area contributed by atoms with E-state index in [9.17, 15) is 9.59 Å². The highest BCUT2D eigenvalue weighted by Crippen LogP contribution is 2.23. The van der Waals surface area contributed by atoms with Crippen molar-refractivity contribution < 1.29 is 24.2 Å². The Morgan fingerprint density at radius 2 is 2.29 bits per heavy atom. The van der Waals surface area contributed by atoms with Gasteiger partial charge in [-0.3, -0.25) is 4.79 Å². The van der Waals surface area contributed by atoms with Crippen LogP contribution >= 0.6 is 0 Å². The summed E-state index contributed by atoms with van der Waals surface area (Å²) < 4.78 is 10.3. The molecule has 1 aromatic rings. The van der Waals surface area contributed by atoms with Crippen LogP contribution in [-0.4, -0.2) is 36.8 Å². The number of rotatable bonds is 6. The molecule has 1 unspecified atom stereocenters. The third-order valence-electron chi connectivity index (χ3n) is 3.33. The molecule has 0 bridgehead atoms. The number of benzene rings is 1. The highest BCUT2D eigenvalue weighted by atomic mass is 16.5. The van der Waals surface area contributed by atoms with Gasteiger partial charge >= 0.3 is 5.97 Å². The van der Waals surface area contributed by atoms with Gasteiger partial charge in [-0.15, -0.1) is 0 Å². The fourth-order valence-corrected chi connectivity index (χ4v) is 2.22. The number of carbonyl (C=O) groups excluding carboxylic acids is 1. The van der Waals surface area contributed by atoms with Crippen LogP contribution in [0.25, 0.3) is 0 Å². The van der Waals surface area contributed by atoms with Crippen molar-refractivity contribution in [3.05, 3.63) is 23.8 Å². The summed E-state index contributed by atoms with van der Waals surface area (Å²) in [7, 11) is 0. The van der Waals surface area contributed by atoms with Crippen molar-refractivity contribution in [3.63, 3.8) is 0 Å². The van der Waals surface area contributed by atoms with Gasteiger partial charge < -0.3 is 19.9 Å². The van der Waals surface area contributed by atoms with E-state index in [4.69, 9.17) is 14.6 Å². The highest BCUT2D eigenvalue weighted by Gasteiger charge is 2.19. The molecule has 1 amide bonds. The molecule has 2 rings (SSSR count). The fourth-order valence-electron chi connectivity index (χ4n) is 2.22. The van der Waals surface area contributed by atoms with Crippen LogP contribution in [0, 0.1) is 12.8 Å². The smallest absolute Gasteiger partial charge is 0.341 e. The van der Waals surface area contributed by atoms with Crippen molar-refractivity contribution in [3.8, 4) is 5.75 Å². The third-order valence-corrected chi connectivity index (χ3v) is 3.33. The maximum Gasteiger partial charge on any atom is 0.341 e. The summed E-state index contributed by atoms with van der Waals surface area (Å²) in [5, 5.41) is 11.4. The zero-order valence-electron chi connectivity index (χ0n) is 11.9. The van der Waals surface area contributed by atoms with Crippen molar-refractivity contribution >= 4 is 17.6 Å². The third kappa shape index (κ3) is 4.75. The normalized spacial score (nSPS) is 17.5. The lowest BCUT2D eigenvalue weighted by Gasteiger charge is -2.12. The molecule has 2 N–H and O–H groups in total. The van der Waals surface area contributed by atoms with Crippen molar-refractivity contribution in [2.45, 2.75) is 19.8 Å². The molecule has 0 spiro atoms. The Balaban J connectivity index is 1.90. The Kier molecular flexibility index (Phi) is 5.16. The SMILES string of the molecule is Cc1cc(OCC(=O)O)ccc1NC(=O)CC1CCOC1. The number of carbonyl (C=O) groups is 2. The first kappa shape index (κ1) is 15.3. The second-order valence-electron chi connectivity index (χ2n) is 5.14.